The molecule has 4 rings (SSSR count). The van der Waals surface area contributed by atoms with Crippen molar-refractivity contribution in [3.63, 3.8) is 0 Å². The fourth-order valence-corrected chi connectivity index (χ4v) is 3.94. The second-order valence-electron chi connectivity index (χ2n) is 5.96. The zero-order valence-electron chi connectivity index (χ0n) is 14.3. The van der Waals surface area contributed by atoms with Gasteiger partial charge in [-0.25, -0.2) is 14.8 Å². The number of hydrogen-bond acceptors (Lipinski definition) is 5. The lowest BCUT2D eigenvalue weighted by Crippen LogP contribution is -2.16. The zero-order chi connectivity index (χ0) is 19.1. The molecule has 0 spiro atoms. The third-order valence-corrected chi connectivity index (χ3v) is 5.71. The topological polar surface area (TPSA) is 79.9 Å². The lowest BCUT2D eigenvalue weighted by Gasteiger charge is -2.12. The average Bonchev–Trinajstić information content (AvgIpc) is 3.20. The molecule has 0 aliphatic heterocycles. The highest BCUT2D eigenvalue weighted by Crippen LogP contribution is 2.30. The van der Waals surface area contributed by atoms with Crippen molar-refractivity contribution in [1.82, 2.24) is 15.0 Å². The predicted molar refractivity (Wildman–Crippen MR) is 109 cm³/mol. The van der Waals surface area contributed by atoms with E-state index >= 15 is 0 Å². The number of rotatable bonds is 3. The molecule has 0 bridgehead atoms. The highest BCUT2D eigenvalue weighted by molar-refractivity contribution is 7.19. The van der Waals surface area contributed by atoms with Gasteiger partial charge in [0, 0.05) is 5.69 Å². The Bertz CT molecular complexity index is 1170. The first-order valence-electron chi connectivity index (χ1n) is 8.09. The summed E-state index contributed by atoms with van der Waals surface area (Å²) >= 11 is 13.4. The van der Waals surface area contributed by atoms with E-state index < -0.39 is 12.2 Å². The van der Waals surface area contributed by atoms with Crippen LogP contribution in [0.15, 0.2) is 30.3 Å². The van der Waals surface area contributed by atoms with Crippen LogP contribution in [0.1, 0.15) is 23.9 Å². The molecule has 6 nitrogen and oxygen atoms in total. The van der Waals surface area contributed by atoms with E-state index in [1.54, 1.807) is 36.5 Å². The number of ether oxygens (including phenoxy) is 1. The van der Waals surface area contributed by atoms with Crippen LogP contribution in [0.3, 0.4) is 0 Å². The molecule has 9 heteroatoms. The number of carbonyl (C=O) groups is 1. The summed E-state index contributed by atoms with van der Waals surface area (Å²) in [6, 6.07) is 8.64. The normalized spacial score (nSPS) is 12.4. The van der Waals surface area contributed by atoms with Gasteiger partial charge < -0.3 is 9.72 Å². The van der Waals surface area contributed by atoms with E-state index in [9.17, 15) is 4.79 Å². The fraction of sp³-hybridized carbons (Fsp3) is 0.167. The number of anilines is 1. The van der Waals surface area contributed by atoms with Gasteiger partial charge in [-0.05, 0) is 44.2 Å². The summed E-state index contributed by atoms with van der Waals surface area (Å²) in [7, 11) is 0. The van der Waals surface area contributed by atoms with Crippen LogP contribution in [-0.4, -0.2) is 21.0 Å². The standard InChI is InChI=1S/C18H14Cl2N4O2S/c1-8(26-18(25)22-10-3-4-11(19)12(20)7-10)17-23-13-5-6-14-16(15(13)24-17)27-9(2)21-14/h3-8H,1-2H3,(H,22,25)(H,23,24)/t8-/m0/s1. The minimum Gasteiger partial charge on any atom is -0.438 e. The third-order valence-electron chi connectivity index (χ3n) is 3.97. The molecule has 0 aliphatic carbocycles. The first-order valence-corrected chi connectivity index (χ1v) is 9.66. The number of hydrogen-bond donors (Lipinski definition) is 2. The number of aromatic nitrogens is 3. The molecule has 27 heavy (non-hydrogen) atoms. The number of nitrogens with one attached hydrogen (secondary N) is 2. The lowest BCUT2D eigenvalue weighted by molar-refractivity contribution is 0.117. The van der Waals surface area contributed by atoms with E-state index in [1.165, 1.54) is 0 Å². The Labute approximate surface area is 168 Å². The largest absolute Gasteiger partial charge is 0.438 e. The smallest absolute Gasteiger partial charge is 0.412 e. The van der Waals surface area contributed by atoms with Gasteiger partial charge in [0.2, 0.25) is 0 Å². The van der Waals surface area contributed by atoms with E-state index in [0.29, 0.717) is 21.6 Å². The van der Waals surface area contributed by atoms with E-state index in [1.807, 2.05) is 19.1 Å². The van der Waals surface area contributed by atoms with Gasteiger partial charge in [-0.3, -0.25) is 5.32 Å². The van der Waals surface area contributed by atoms with Crippen molar-refractivity contribution in [1.29, 1.82) is 0 Å². The van der Waals surface area contributed by atoms with Crippen molar-refractivity contribution in [2.24, 2.45) is 0 Å². The minimum absolute atomic E-state index is 0.351. The van der Waals surface area contributed by atoms with Crippen LogP contribution in [0.4, 0.5) is 10.5 Å². The number of amides is 1. The van der Waals surface area contributed by atoms with Gasteiger partial charge in [0.05, 0.1) is 36.3 Å². The Balaban J connectivity index is 1.53. The monoisotopic (exact) mass is 420 g/mol. The van der Waals surface area contributed by atoms with Crippen LogP contribution in [0.2, 0.25) is 10.0 Å². The molecular formula is C18H14Cl2N4O2S. The number of nitrogens with zero attached hydrogens (tertiary/aromatic N) is 2. The number of aryl methyl sites for hydroxylation is 1. The quantitative estimate of drug-likeness (QED) is 0.419. The number of carbonyl (C=O) groups excluding carboxylic acids is 1. The maximum atomic E-state index is 12.2. The summed E-state index contributed by atoms with van der Waals surface area (Å²) in [6.45, 7) is 3.72. The van der Waals surface area contributed by atoms with E-state index in [-0.39, 0.29) is 0 Å². The second kappa shape index (κ2) is 6.99. The summed E-state index contributed by atoms with van der Waals surface area (Å²) in [5.74, 6) is 0.563. The lowest BCUT2D eigenvalue weighted by atomic mass is 10.3. The number of imidazole rings is 1. The molecule has 0 saturated heterocycles. The van der Waals surface area contributed by atoms with Crippen molar-refractivity contribution in [2.45, 2.75) is 20.0 Å². The molecule has 0 unspecified atom stereocenters. The molecule has 0 aliphatic rings. The van der Waals surface area contributed by atoms with Gasteiger partial charge in [0.15, 0.2) is 6.10 Å². The summed E-state index contributed by atoms with van der Waals surface area (Å²) in [5.41, 5.74) is 3.12. The van der Waals surface area contributed by atoms with Gasteiger partial charge in [-0.2, -0.15) is 0 Å². The SMILES string of the molecule is Cc1nc2ccc3nc([C@H](C)OC(=O)Nc4ccc(Cl)c(Cl)c4)[nH]c3c2s1. The summed E-state index contributed by atoms with van der Waals surface area (Å²) < 4.78 is 6.46. The Hall–Kier alpha value is -2.35. The van der Waals surface area contributed by atoms with E-state index in [4.69, 9.17) is 27.9 Å². The fourth-order valence-electron chi connectivity index (χ4n) is 2.72. The van der Waals surface area contributed by atoms with Crippen molar-refractivity contribution in [3.05, 3.63) is 51.2 Å². The molecule has 138 valence electrons. The first kappa shape index (κ1) is 18.0. The minimum atomic E-state index is -0.611. The van der Waals surface area contributed by atoms with Crippen molar-refractivity contribution < 1.29 is 9.53 Å². The Morgan fingerprint density at radius 1 is 1.19 bits per heavy atom. The molecule has 0 saturated carbocycles. The van der Waals surface area contributed by atoms with Crippen LogP contribution < -0.4 is 5.32 Å². The van der Waals surface area contributed by atoms with Crippen molar-refractivity contribution in [2.75, 3.05) is 5.32 Å². The highest BCUT2D eigenvalue weighted by Gasteiger charge is 2.18. The van der Waals surface area contributed by atoms with E-state index in [2.05, 4.69) is 20.3 Å². The average molecular weight is 421 g/mol. The summed E-state index contributed by atoms with van der Waals surface area (Å²) in [5, 5.41) is 4.37. The number of benzene rings is 2. The first-order chi connectivity index (χ1) is 12.9. The molecule has 0 fully saturated rings. The molecule has 2 aromatic carbocycles. The van der Waals surface area contributed by atoms with Gasteiger partial charge in [0.1, 0.15) is 5.82 Å². The van der Waals surface area contributed by atoms with Crippen LogP contribution in [0.25, 0.3) is 21.3 Å². The van der Waals surface area contributed by atoms with Crippen molar-refractivity contribution in [3.8, 4) is 0 Å². The van der Waals surface area contributed by atoms with Gasteiger partial charge >= 0.3 is 6.09 Å². The Morgan fingerprint density at radius 2 is 1.96 bits per heavy atom. The maximum Gasteiger partial charge on any atom is 0.412 e. The van der Waals surface area contributed by atoms with Crippen LogP contribution in [0.5, 0.6) is 0 Å². The highest BCUT2D eigenvalue weighted by atomic mass is 35.5. The number of fused-ring (bicyclic) bond motifs is 3. The number of halogens is 2. The maximum absolute atomic E-state index is 12.2. The van der Waals surface area contributed by atoms with Crippen LogP contribution in [0, 0.1) is 6.92 Å². The predicted octanol–water partition coefficient (Wildman–Crippen LogP) is 6.10. The molecule has 0 radical (unpaired) electrons. The van der Waals surface area contributed by atoms with Crippen LogP contribution in [-0.2, 0) is 4.74 Å². The summed E-state index contributed by atoms with van der Waals surface area (Å²) in [4.78, 5) is 24.4. The summed E-state index contributed by atoms with van der Waals surface area (Å²) in [6.07, 6.45) is -1.18. The van der Waals surface area contributed by atoms with Gasteiger partial charge in [-0.1, -0.05) is 23.2 Å². The number of H-pyrrole nitrogens is 1. The van der Waals surface area contributed by atoms with Crippen LogP contribution >= 0.6 is 34.5 Å². The molecule has 2 aromatic heterocycles. The number of aromatic amines is 1. The molecule has 2 N–H and O–H groups in total. The molecule has 1 amide bonds. The Morgan fingerprint density at radius 3 is 2.74 bits per heavy atom. The van der Waals surface area contributed by atoms with E-state index in [0.717, 1.165) is 26.3 Å². The number of thiazole rings is 1. The zero-order valence-corrected chi connectivity index (χ0v) is 16.7. The molecular weight excluding hydrogens is 407 g/mol. The molecule has 4 aromatic rings. The Kier molecular flexibility index (Phi) is 4.67. The molecule has 2 heterocycles. The third kappa shape index (κ3) is 3.58. The second-order valence-corrected chi connectivity index (χ2v) is 7.98. The van der Waals surface area contributed by atoms with Crippen molar-refractivity contribution >= 4 is 67.6 Å². The van der Waals surface area contributed by atoms with Gasteiger partial charge in [0.25, 0.3) is 0 Å². The van der Waals surface area contributed by atoms with Gasteiger partial charge in [-0.15, -0.1) is 11.3 Å². The molecule has 1 atom stereocenters.